The van der Waals surface area contributed by atoms with Crippen LogP contribution in [0.15, 0.2) is 42.5 Å². The van der Waals surface area contributed by atoms with Gasteiger partial charge >= 0.3 is 0 Å². The fourth-order valence-corrected chi connectivity index (χ4v) is 5.53. The summed E-state index contributed by atoms with van der Waals surface area (Å²) in [6, 6.07) is 9.19. The smallest absolute Gasteiger partial charge is 0.277 e. The highest BCUT2D eigenvalue weighted by molar-refractivity contribution is 6.11. The molecule has 1 N–H and O–H groups in total. The van der Waals surface area contributed by atoms with Crippen LogP contribution in [0.25, 0.3) is 12.2 Å². The standard InChI is InChI=1S/C38H54N2O6/c1-27(2)24-39(25-28(3)4)35(42)26-40(7,8)21-11-10-12-22-45-30-16-13-29(14-17-30)15-18-32(41)36-34(44-9)23-33-31(37(36)43)19-20-38(5,6)46-33/h13-20,23,27-28H,10-12,21-22,24-26H2,1-9H3/p+1/b18-15+. The van der Waals surface area contributed by atoms with Crippen LogP contribution >= 0.6 is 0 Å². The lowest BCUT2D eigenvalue weighted by Gasteiger charge is -2.33. The Morgan fingerprint density at radius 3 is 2.28 bits per heavy atom. The van der Waals surface area contributed by atoms with E-state index >= 15 is 0 Å². The summed E-state index contributed by atoms with van der Waals surface area (Å²) in [5.41, 5.74) is 0.866. The molecule has 0 aromatic heterocycles. The number of nitrogens with zero attached hydrogens (tertiary/aromatic N) is 2. The summed E-state index contributed by atoms with van der Waals surface area (Å²) in [6.45, 7) is 16.2. The number of hydrogen-bond acceptors (Lipinski definition) is 6. The van der Waals surface area contributed by atoms with Gasteiger partial charge in [-0.05, 0) is 80.9 Å². The van der Waals surface area contributed by atoms with Crippen molar-refractivity contribution in [1.29, 1.82) is 0 Å². The van der Waals surface area contributed by atoms with Gasteiger partial charge in [-0.3, -0.25) is 9.59 Å². The molecule has 1 aliphatic heterocycles. The fourth-order valence-electron chi connectivity index (χ4n) is 5.53. The summed E-state index contributed by atoms with van der Waals surface area (Å²) in [7, 11) is 5.74. The van der Waals surface area contributed by atoms with E-state index in [1.54, 1.807) is 18.2 Å². The van der Waals surface area contributed by atoms with E-state index in [1.165, 1.54) is 13.2 Å². The Morgan fingerprint density at radius 2 is 1.67 bits per heavy atom. The number of carbonyl (C=O) groups excluding carboxylic acids is 2. The van der Waals surface area contributed by atoms with Gasteiger partial charge in [0.2, 0.25) is 0 Å². The molecule has 2 aromatic carbocycles. The number of phenols is 1. The van der Waals surface area contributed by atoms with Gasteiger partial charge in [0.1, 0.15) is 34.2 Å². The topological polar surface area (TPSA) is 85.3 Å². The van der Waals surface area contributed by atoms with Crippen LogP contribution in [0.2, 0.25) is 0 Å². The van der Waals surface area contributed by atoms with Crippen LogP contribution in [0.4, 0.5) is 0 Å². The molecule has 0 bridgehead atoms. The first kappa shape index (κ1) is 36.7. The molecule has 8 heteroatoms. The zero-order valence-electron chi connectivity index (χ0n) is 29.4. The van der Waals surface area contributed by atoms with Gasteiger partial charge in [-0.25, -0.2) is 0 Å². The molecule has 1 amide bonds. The summed E-state index contributed by atoms with van der Waals surface area (Å²) in [5.74, 6) is 2.13. The Bertz CT molecular complexity index is 1380. The molecule has 8 nitrogen and oxygen atoms in total. The number of hydrogen-bond donors (Lipinski definition) is 1. The van der Waals surface area contributed by atoms with E-state index in [-0.39, 0.29) is 28.8 Å². The maximum atomic E-state index is 13.1. The molecule has 0 saturated heterocycles. The quantitative estimate of drug-likeness (QED) is 0.0854. The number of quaternary nitrogens is 1. The van der Waals surface area contributed by atoms with Gasteiger partial charge < -0.3 is 28.7 Å². The molecule has 0 fully saturated rings. The molecule has 1 aliphatic rings. The van der Waals surface area contributed by atoms with E-state index in [4.69, 9.17) is 14.2 Å². The molecule has 3 rings (SSSR count). The van der Waals surface area contributed by atoms with Crippen molar-refractivity contribution in [3.05, 3.63) is 59.2 Å². The number of allylic oxidation sites excluding steroid dienone is 1. The third-order valence-electron chi connectivity index (χ3n) is 7.83. The number of ether oxygens (including phenoxy) is 3. The lowest BCUT2D eigenvalue weighted by molar-refractivity contribution is -0.883. The summed E-state index contributed by atoms with van der Waals surface area (Å²) in [6.07, 6.45) is 9.73. The molecule has 0 atom stereocenters. The Morgan fingerprint density at radius 1 is 1.02 bits per heavy atom. The second-order valence-electron chi connectivity index (χ2n) is 14.3. The number of benzene rings is 2. The average molecular weight is 636 g/mol. The van der Waals surface area contributed by atoms with Crippen LogP contribution in [0.3, 0.4) is 0 Å². The highest BCUT2D eigenvalue weighted by Crippen LogP contribution is 2.43. The second-order valence-corrected chi connectivity index (χ2v) is 14.3. The van der Waals surface area contributed by atoms with E-state index in [0.29, 0.717) is 40.8 Å². The van der Waals surface area contributed by atoms with Gasteiger partial charge in [-0.1, -0.05) is 45.9 Å². The van der Waals surface area contributed by atoms with Gasteiger partial charge in [0, 0.05) is 19.2 Å². The van der Waals surface area contributed by atoms with Crippen molar-refractivity contribution in [3.63, 3.8) is 0 Å². The van der Waals surface area contributed by atoms with Crippen molar-refractivity contribution in [3.8, 4) is 23.0 Å². The lowest BCUT2D eigenvalue weighted by atomic mass is 9.97. The predicted octanol–water partition coefficient (Wildman–Crippen LogP) is 7.25. The van der Waals surface area contributed by atoms with Crippen LogP contribution in [-0.4, -0.2) is 85.8 Å². The minimum Gasteiger partial charge on any atom is -0.506 e. The van der Waals surface area contributed by atoms with Gasteiger partial charge in [-0.2, -0.15) is 0 Å². The Balaban J connectivity index is 1.46. The third-order valence-corrected chi connectivity index (χ3v) is 7.83. The zero-order valence-corrected chi connectivity index (χ0v) is 29.4. The van der Waals surface area contributed by atoms with Crippen molar-refractivity contribution >= 4 is 23.8 Å². The minimum absolute atomic E-state index is 0.0958. The molecule has 0 aliphatic carbocycles. The molecule has 0 unspecified atom stereocenters. The molecular formula is C38H55N2O6+. The minimum atomic E-state index is -0.520. The van der Waals surface area contributed by atoms with Crippen molar-refractivity contribution in [2.45, 2.75) is 66.4 Å². The highest BCUT2D eigenvalue weighted by Gasteiger charge is 2.29. The van der Waals surface area contributed by atoms with Crippen LogP contribution in [0.5, 0.6) is 23.0 Å². The summed E-state index contributed by atoms with van der Waals surface area (Å²) >= 11 is 0. The predicted molar refractivity (Wildman–Crippen MR) is 186 cm³/mol. The van der Waals surface area contributed by atoms with Gasteiger partial charge in [0.05, 0.1) is 39.9 Å². The van der Waals surface area contributed by atoms with E-state index in [2.05, 4.69) is 41.8 Å². The first-order valence-corrected chi connectivity index (χ1v) is 16.5. The number of methoxy groups -OCH3 is 1. The molecule has 0 saturated carbocycles. The van der Waals surface area contributed by atoms with Crippen LogP contribution in [-0.2, 0) is 4.79 Å². The first-order valence-electron chi connectivity index (χ1n) is 16.5. The Hall–Kier alpha value is -3.78. The maximum absolute atomic E-state index is 13.1. The molecular weight excluding hydrogens is 580 g/mol. The summed E-state index contributed by atoms with van der Waals surface area (Å²) < 4.78 is 18.0. The molecule has 252 valence electrons. The van der Waals surface area contributed by atoms with Crippen LogP contribution in [0, 0.1) is 11.8 Å². The number of phenolic OH excluding ortho intramolecular Hbond substituents is 1. The number of rotatable bonds is 17. The zero-order chi connectivity index (χ0) is 34.1. The number of fused-ring (bicyclic) bond motifs is 1. The number of ketones is 1. The second kappa shape index (κ2) is 16.2. The van der Waals surface area contributed by atoms with Crippen molar-refractivity contribution in [2.75, 3.05) is 54.0 Å². The van der Waals surface area contributed by atoms with E-state index in [1.807, 2.05) is 49.1 Å². The Kier molecular flexibility index (Phi) is 12.9. The molecule has 0 radical (unpaired) electrons. The van der Waals surface area contributed by atoms with Crippen LogP contribution < -0.4 is 14.2 Å². The molecule has 0 spiro atoms. The van der Waals surface area contributed by atoms with E-state index < -0.39 is 5.60 Å². The van der Waals surface area contributed by atoms with Gasteiger partial charge in [0.15, 0.2) is 12.3 Å². The largest absolute Gasteiger partial charge is 0.506 e. The van der Waals surface area contributed by atoms with Gasteiger partial charge in [0.25, 0.3) is 5.91 Å². The van der Waals surface area contributed by atoms with Crippen molar-refractivity contribution in [1.82, 2.24) is 4.90 Å². The van der Waals surface area contributed by atoms with E-state index in [0.717, 1.165) is 50.2 Å². The normalized spacial score (nSPS) is 14.0. The number of aromatic hydroxyl groups is 1. The fraction of sp³-hybridized carbons (Fsp3) is 0.526. The van der Waals surface area contributed by atoms with E-state index in [9.17, 15) is 14.7 Å². The molecule has 1 heterocycles. The highest BCUT2D eigenvalue weighted by atomic mass is 16.5. The summed E-state index contributed by atoms with van der Waals surface area (Å²) in [5, 5.41) is 10.9. The number of unbranched alkanes of at least 4 members (excludes halogenated alkanes) is 2. The lowest BCUT2D eigenvalue weighted by Crippen LogP contribution is -2.50. The SMILES string of the molecule is COc1cc2c(c(O)c1C(=O)/C=C/c1ccc(OCCCCC[N+](C)(C)CC(=O)N(CC(C)C)CC(C)C)cc1)C=CC(C)(C)O2. The monoisotopic (exact) mass is 635 g/mol. The maximum Gasteiger partial charge on any atom is 0.277 e. The third kappa shape index (κ3) is 10.9. The van der Waals surface area contributed by atoms with Gasteiger partial charge in [-0.15, -0.1) is 0 Å². The average Bonchev–Trinajstić information content (AvgIpc) is 2.96. The summed E-state index contributed by atoms with van der Waals surface area (Å²) in [4.78, 5) is 28.2. The van der Waals surface area contributed by atoms with Crippen LogP contribution in [0.1, 0.15) is 82.3 Å². The molecule has 2 aromatic rings. The first-order chi connectivity index (χ1) is 21.6. The molecule has 46 heavy (non-hydrogen) atoms. The number of amides is 1. The number of likely N-dealkylation sites (N-methyl/N-ethyl adjacent to an activating group) is 1. The number of carbonyl (C=O) groups is 2. The van der Waals surface area contributed by atoms with Crippen molar-refractivity contribution < 1.29 is 33.4 Å². The Labute approximate surface area is 276 Å². The van der Waals surface area contributed by atoms with Crippen molar-refractivity contribution in [2.24, 2.45) is 11.8 Å².